The molecule has 0 radical (unpaired) electrons. The van der Waals surface area contributed by atoms with Crippen molar-refractivity contribution >= 4 is 17.8 Å². The molecule has 0 aliphatic carbocycles. The fourth-order valence-electron chi connectivity index (χ4n) is 4.71. The van der Waals surface area contributed by atoms with Crippen molar-refractivity contribution < 1.29 is 14.3 Å². The van der Waals surface area contributed by atoms with Crippen LogP contribution in [-0.2, 0) is 9.53 Å². The Labute approximate surface area is 170 Å². The van der Waals surface area contributed by atoms with E-state index in [9.17, 15) is 9.59 Å². The minimum absolute atomic E-state index is 0.0240. The van der Waals surface area contributed by atoms with E-state index in [2.05, 4.69) is 21.3 Å². The van der Waals surface area contributed by atoms with Crippen LogP contribution in [0.4, 0.5) is 10.6 Å². The number of rotatable bonds is 4. The standard InChI is InChI=1S/C20H26N6O3/c1-29-13-19(27)25-10-7-17-16(12-25)23-20(28)26(17)15-5-8-24(9-6-15)18-4-2-3-14(11-21)22-18/h2-4,15-17H,5-10,12-13H2,1H3,(H,23,28). The molecule has 3 aliphatic rings. The van der Waals surface area contributed by atoms with E-state index in [-0.39, 0.29) is 36.7 Å². The molecular weight excluding hydrogens is 372 g/mol. The highest BCUT2D eigenvalue weighted by atomic mass is 16.5. The van der Waals surface area contributed by atoms with E-state index < -0.39 is 0 Å². The lowest BCUT2D eigenvalue weighted by molar-refractivity contribution is -0.136. The van der Waals surface area contributed by atoms with E-state index in [1.54, 1.807) is 11.0 Å². The molecule has 0 bridgehead atoms. The number of ether oxygens (including phenoxy) is 1. The van der Waals surface area contributed by atoms with Gasteiger partial charge in [-0.3, -0.25) is 4.79 Å². The summed E-state index contributed by atoms with van der Waals surface area (Å²) in [6.45, 7) is 2.87. The van der Waals surface area contributed by atoms with Crippen molar-refractivity contribution in [3.8, 4) is 6.07 Å². The average molecular weight is 398 g/mol. The molecular formula is C20H26N6O3. The molecule has 4 rings (SSSR count). The third kappa shape index (κ3) is 3.85. The molecule has 9 heteroatoms. The number of fused-ring (bicyclic) bond motifs is 1. The second-order valence-corrected chi connectivity index (χ2v) is 7.80. The highest BCUT2D eigenvalue weighted by molar-refractivity contribution is 5.80. The molecule has 3 aliphatic heterocycles. The first-order valence-electron chi connectivity index (χ1n) is 10.1. The number of likely N-dealkylation sites (tertiary alicyclic amines) is 1. The normalized spacial score (nSPS) is 24.8. The Morgan fingerprint density at radius 2 is 2.10 bits per heavy atom. The van der Waals surface area contributed by atoms with Crippen molar-refractivity contribution in [2.24, 2.45) is 0 Å². The molecule has 0 saturated carbocycles. The van der Waals surface area contributed by atoms with Crippen LogP contribution >= 0.6 is 0 Å². The van der Waals surface area contributed by atoms with Gasteiger partial charge in [0, 0.05) is 39.3 Å². The summed E-state index contributed by atoms with van der Waals surface area (Å²) in [6, 6.07) is 7.82. The molecule has 0 spiro atoms. The first-order chi connectivity index (χ1) is 14.1. The van der Waals surface area contributed by atoms with Crippen LogP contribution in [0.15, 0.2) is 18.2 Å². The highest BCUT2D eigenvalue weighted by Gasteiger charge is 2.46. The SMILES string of the molecule is COCC(=O)N1CCC2C(C1)NC(=O)N2C1CCN(c2cccc(C#N)n2)CC1. The van der Waals surface area contributed by atoms with Gasteiger partial charge in [0.2, 0.25) is 5.91 Å². The molecule has 3 fully saturated rings. The third-order valence-electron chi connectivity index (χ3n) is 6.13. The number of piperidine rings is 2. The number of nitriles is 1. The lowest BCUT2D eigenvalue weighted by Gasteiger charge is -2.42. The summed E-state index contributed by atoms with van der Waals surface area (Å²) >= 11 is 0. The van der Waals surface area contributed by atoms with Gasteiger partial charge in [0.25, 0.3) is 0 Å². The van der Waals surface area contributed by atoms with Crippen molar-refractivity contribution in [2.45, 2.75) is 37.4 Å². The molecule has 3 saturated heterocycles. The first-order valence-corrected chi connectivity index (χ1v) is 10.1. The summed E-state index contributed by atoms with van der Waals surface area (Å²) in [7, 11) is 1.52. The van der Waals surface area contributed by atoms with Crippen LogP contribution in [-0.4, -0.2) is 84.7 Å². The minimum Gasteiger partial charge on any atom is -0.375 e. The average Bonchev–Trinajstić information content (AvgIpc) is 3.09. The van der Waals surface area contributed by atoms with Gasteiger partial charge in [-0.1, -0.05) is 6.07 Å². The van der Waals surface area contributed by atoms with E-state index >= 15 is 0 Å². The Hall–Kier alpha value is -2.86. The number of carbonyl (C=O) groups is 2. The number of hydrogen-bond acceptors (Lipinski definition) is 6. The maximum atomic E-state index is 12.7. The Balaban J connectivity index is 1.37. The number of urea groups is 1. The number of pyridine rings is 1. The van der Waals surface area contributed by atoms with Gasteiger partial charge in [0.05, 0.1) is 12.1 Å². The van der Waals surface area contributed by atoms with Gasteiger partial charge in [0.15, 0.2) is 0 Å². The Kier molecular flexibility index (Phi) is 5.53. The molecule has 2 unspecified atom stereocenters. The van der Waals surface area contributed by atoms with Gasteiger partial charge in [-0.05, 0) is 31.4 Å². The van der Waals surface area contributed by atoms with Crippen molar-refractivity contribution in [2.75, 3.05) is 44.8 Å². The zero-order valence-electron chi connectivity index (χ0n) is 16.6. The zero-order valence-corrected chi connectivity index (χ0v) is 16.6. The number of nitrogens with one attached hydrogen (secondary N) is 1. The molecule has 9 nitrogen and oxygen atoms in total. The number of hydrogen-bond donors (Lipinski definition) is 1. The Bertz CT molecular complexity index is 817. The van der Waals surface area contributed by atoms with Crippen LogP contribution < -0.4 is 10.2 Å². The van der Waals surface area contributed by atoms with E-state index in [0.717, 1.165) is 38.2 Å². The van der Waals surface area contributed by atoms with Crippen molar-refractivity contribution in [3.63, 3.8) is 0 Å². The number of methoxy groups -OCH3 is 1. The van der Waals surface area contributed by atoms with Crippen molar-refractivity contribution in [3.05, 3.63) is 23.9 Å². The predicted octanol–water partition coefficient (Wildman–Crippen LogP) is 0.563. The van der Waals surface area contributed by atoms with Gasteiger partial charge in [-0.15, -0.1) is 0 Å². The van der Waals surface area contributed by atoms with Crippen LogP contribution in [0.1, 0.15) is 25.0 Å². The van der Waals surface area contributed by atoms with Crippen molar-refractivity contribution in [1.82, 2.24) is 20.1 Å². The monoisotopic (exact) mass is 398 g/mol. The fourth-order valence-corrected chi connectivity index (χ4v) is 4.71. The number of amides is 3. The molecule has 154 valence electrons. The maximum Gasteiger partial charge on any atom is 0.318 e. The highest BCUT2D eigenvalue weighted by Crippen LogP contribution is 2.30. The van der Waals surface area contributed by atoms with Gasteiger partial charge in [-0.25, -0.2) is 9.78 Å². The van der Waals surface area contributed by atoms with Gasteiger partial charge in [0.1, 0.15) is 24.2 Å². The largest absolute Gasteiger partial charge is 0.375 e. The van der Waals surface area contributed by atoms with Crippen molar-refractivity contribution in [1.29, 1.82) is 5.26 Å². The Morgan fingerprint density at radius 3 is 2.83 bits per heavy atom. The second-order valence-electron chi connectivity index (χ2n) is 7.80. The van der Waals surface area contributed by atoms with Crippen LogP contribution in [0.25, 0.3) is 0 Å². The van der Waals surface area contributed by atoms with Crippen LogP contribution in [0, 0.1) is 11.3 Å². The van der Waals surface area contributed by atoms with E-state index in [4.69, 9.17) is 10.00 Å². The van der Waals surface area contributed by atoms with E-state index in [1.165, 1.54) is 7.11 Å². The molecule has 3 amide bonds. The topological polar surface area (TPSA) is 102 Å². The van der Waals surface area contributed by atoms with Crippen LogP contribution in [0.3, 0.4) is 0 Å². The summed E-state index contributed by atoms with van der Waals surface area (Å²) in [6.07, 6.45) is 2.51. The summed E-state index contributed by atoms with van der Waals surface area (Å²) < 4.78 is 4.95. The molecule has 29 heavy (non-hydrogen) atoms. The summed E-state index contributed by atoms with van der Waals surface area (Å²) in [4.78, 5) is 35.2. The predicted molar refractivity (Wildman–Crippen MR) is 105 cm³/mol. The van der Waals surface area contributed by atoms with E-state index in [0.29, 0.717) is 18.8 Å². The molecule has 1 aromatic rings. The fraction of sp³-hybridized carbons (Fsp3) is 0.600. The van der Waals surface area contributed by atoms with Crippen LogP contribution in [0.2, 0.25) is 0 Å². The summed E-state index contributed by atoms with van der Waals surface area (Å²) in [5, 5.41) is 12.1. The molecule has 0 aromatic carbocycles. The number of anilines is 1. The van der Waals surface area contributed by atoms with Gasteiger partial charge < -0.3 is 24.8 Å². The molecule has 1 aromatic heterocycles. The zero-order chi connectivity index (χ0) is 20.4. The molecule has 1 N–H and O–H groups in total. The summed E-state index contributed by atoms with van der Waals surface area (Å²) in [5.74, 6) is 0.787. The lowest BCUT2D eigenvalue weighted by atomic mass is 9.95. The van der Waals surface area contributed by atoms with Gasteiger partial charge in [-0.2, -0.15) is 5.26 Å². The van der Waals surface area contributed by atoms with Crippen LogP contribution in [0.5, 0.6) is 0 Å². The number of nitrogens with zero attached hydrogens (tertiary/aromatic N) is 5. The smallest absolute Gasteiger partial charge is 0.318 e. The maximum absolute atomic E-state index is 12.7. The molecule has 4 heterocycles. The second kappa shape index (κ2) is 8.25. The number of carbonyl (C=O) groups excluding carboxylic acids is 2. The van der Waals surface area contributed by atoms with E-state index in [1.807, 2.05) is 17.0 Å². The minimum atomic E-state index is -0.0287. The number of aromatic nitrogens is 1. The third-order valence-corrected chi connectivity index (χ3v) is 6.13. The summed E-state index contributed by atoms with van der Waals surface area (Å²) in [5.41, 5.74) is 0.418. The first kappa shape index (κ1) is 19.5. The van der Waals surface area contributed by atoms with Gasteiger partial charge >= 0.3 is 6.03 Å². The lowest BCUT2D eigenvalue weighted by Crippen LogP contribution is -2.55. The quantitative estimate of drug-likeness (QED) is 0.795. The Morgan fingerprint density at radius 1 is 1.31 bits per heavy atom. The molecule has 2 atom stereocenters.